The van der Waals surface area contributed by atoms with Gasteiger partial charge >= 0.3 is 6.18 Å². The molecule has 0 amide bonds. The van der Waals surface area contributed by atoms with Crippen LogP contribution in [0, 0.1) is 17.2 Å². The number of halogens is 3. The zero-order valence-corrected chi connectivity index (χ0v) is 11.4. The van der Waals surface area contributed by atoms with Gasteiger partial charge in [0.25, 0.3) is 0 Å². The molecule has 1 atom stereocenters. The molecule has 1 unspecified atom stereocenters. The van der Waals surface area contributed by atoms with E-state index >= 15 is 0 Å². The van der Waals surface area contributed by atoms with Crippen molar-refractivity contribution in [2.75, 3.05) is 18.0 Å². The minimum Gasteiger partial charge on any atom is -0.371 e. The predicted molar refractivity (Wildman–Crippen MR) is 71.4 cm³/mol. The van der Waals surface area contributed by atoms with Crippen molar-refractivity contribution < 1.29 is 13.2 Å². The topological polar surface area (TPSA) is 27.0 Å². The summed E-state index contributed by atoms with van der Waals surface area (Å²) in [6.45, 7) is 3.82. The van der Waals surface area contributed by atoms with E-state index in [0.717, 1.165) is 32.0 Å². The Morgan fingerprint density at radius 1 is 1.40 bits per heavy atom. The largest absolute Gasteiger partial charge is 0.417 e. The minimum absolute atomic E-state index is 0.298. The highest BCUT2D eigenvalue weighted by Crippen LogP contribution is 2.34. The lowest BCUT2D eigenvalue weighted by Gasteiger charge is -2.34. The Labute approximate surface area is 116 Å². The van der Waals surface area contributed by atoms with E-state index in [4.69, 9.17) is 5.26 Å². The van der Waals surface area contributed by atoms with Crippen LogP contribution in [0.1, 0.15) is 37.3 Å². The lowest BCUT2D eigenvalue weighted by Crippen LogP contribution is -2.35. The Morgan fingerprint density at radius 3 is 2.75 bits per heavy atom. The molecule has 0 aliphatic carbocycles. The number of nitrogens with zero attached hydrogens (tertiary/aromatic N) is 2. The van der Waals surface area contributed by atoms with Crippen LogP contribution in [0.4, 0.5) is 18.9 Å². The summed E-state index contributed by atoms with van der Waals surface area (Å²) in [5.74, 6) is 0.580. The van der Waals surface area contributed by atoms with E-state index in [2.05, 4.69) is 11.8 Å². The van der Waals surface area contributed by atoms with Crippen LogP contribution in [-0.2, 0) is 6.18 Å². The molecule has 1 aromatic carbocycles. The molecule has 0 N–H and O–H groups in total. The molecule has 1 aliphatic heterocycles. The third kappa shape index (κ3) is 3.06. The van der Waals surface area contributed by atoms with Gasteiger partial charge in [0.1, 0.15) is 0 Å². The third-order valence-electron chi connectivity index (χ3n) is 3.89. The highest BCUT2D eigenvalue weighted by atomic mass is 19.4. The number of nitriles is 1. The Kier molecular flexibility index (Phi) is 4.22. The van der Waals surface area contributed by atoms with Crippen LogP contribution in [0.3, 0.4) is 0 Å². The van der Waals surface area contributed by atoms with Crippen LogP contribution < -0.4 is 4.90 Å². The number of benzene rings is 1. The monoisotopic (exact) mass is 282 g/mol. The van der Waals surface area contributed by atoms with Crippen molar-refractivity contribution in [1.29, 1.82) is 5.26 Å². The smallest absolute Gasteiger partial charge is 0.371 e. The van der Waals surface area contributed by atoms with Gasteiger partial charge in [-0.25, -0.2) is 0 Å². The molecule has 2 nitrogen and oxygen atoms in total. The fraction of sp³-hybridized carbons (Fsp3) is 0.533. The average molecular weight is 282 g/mol. The van der Waals surface area contributed by atoms with Gasteiger partial charge in [0.05, 0.1) is 17.2 Å². The first-order valence-corrected chi connectivity index (χ1v) is 6.82. The number of hydrogen-bond acceptors (Lipinski definition) is 2. The number of rotatable bonds is 2. The second-order valence-electron chi connectivity index (χ2n) is 5.20. The van der Waals surface area contributed by atoms with Gasteiger partial charge < -0.3 is 4.90 Å². The van der Waals surface area contributed by atoms with E-state index in [1.807, 2.05) is 0 Å². The Balaban J connectivity index is 2.28. The van der Waals surface area contributed by atoms with Crippen molar-refractivity contribution in [2.24, 2.45) is 5.92 Å². The molecule has 5 heteroatoms. The Bertz CT molecular complexity index is 517. The van der Waals surface area contributed by atoms with Crippen molar-refractivity contribution in [2.45, 2.75) is 32.4 Å². The summed E-state index contributed by atoms with van der Waals surface area (Å²) in [6.07, 6.45) is -1.19. The lowest BCUT2D eigenvalue weighted by atomic mass is 9.95. The number of piperidine rings is 1. The molecular formula is C15H17F3N2. The maximum atomic E-state index is 12.8. The van der Waals surface area contributed by atoms with Gasteiger partial charge in [-0.3, -0.25) is 0 Å². The summed E-state index contributed by atoms with van der Waals surface area (Å²) >= 11 is 0. The zero-order chi connectivity index (χ0) is 14.8. The highest BCUT2D eigenvalue weighted by molar-refractivity contribution is 5.55. The van der Waals surface area contributed by atoms with E-state index in [1.54, 1.807) is 6.07 Å². The first-order valence-electron chi connectivity index (χ1n) is 6.82. The van der Waals surface area contributed by atoms with E-state index < -0.39 is 11.7 Å². The molecule has 1 aromatic rings. The molecule has 0 radical (unpaired) electrons. The van der Waals surface area contributed by atoms with E-state index in [9.17, 15) is 13.2 Å². The van der Waals surface area contributed by atoms with Gasteiger partial charge in [-0.1, -0.05) is 13.3 Å². The van der Waals surface area contributed by atoms with Crippen LogP contribution in [-0.4, -0.2) is 13.1 Å². The maximum absolute atomic E-state index is 12.8. The number of alkyl halides is 3. The molecule has 1 aliphatic rings. The fourth-order valence-corrected chi connectivity index (χ4v) is 2.70. The summed E-state index contributed by atoms with van der Waals surface area (Å²) in [4.78, 5) is 2.08. The second kappa shape index (κ2) is 5.74. The molecule has 0 spiro atoms. The summed E-state index contributed by atoms with van der Waals surface area (Å²) in [7, 11) is 0. The predicted octanol–water partition coefficient (Wildman–Crippen LogP) is 4.20. The molecule has 20 heavy (non-hydrogen) atoms. The Hall–Kier alpha value is -1.70. The second-order valence-corrected chi connectivity index (χ2v) is 5.20. The van der Waals surface area contributed by atoms with Gasteiger partial charge in [0.2, 0.25) is 0 Å². The standard InChI is InChI=1S/C15H17F3N2/c1-2-11-4-3-7-20(10-11)13-5-6-14(15(16,17)18)12(8-13)9-19/h5-6,8,11H,2-4,7,10H2,1H3. The lowest BCUT2D eigenvalue weighted by molar-refractivity contribution is -0.137. The van der Waals surface area contributed by atoms with Crippen LogP contribution in [0.2, 0.25) is 0 Å². The van der Waals surface area contributed by atoms with Crippen LogP contribution in [0.15, 0.2) is 18.2 Å². The van der Waals surface area contributed by atoms with E-state index in [1.165, 1.54) is 18.6 Å². The van der Waals surface area contributed by atoms with Crippen molar-refractivity contribution in [3.8, 4) is 6.07 Å². The van der Waals surface area contributed by atoms with Gasteiger partial charge in [-0.15, -0.1) is 0 Å². The minimum atomic E-state index is -4.47. The fourth-order valence-electron chi connectivity index (χ4n) is 2.70. The number of anilines is 1. The molecule has 1 heterocycles. The van der Waals surface area contributed by atoms with Crippen molar-refractivity contribution >= 4 is 5.69 Å². The number of hydrogen-bond donors (Lipinski definition) is 0. The van der Waals surface area contributed by atoms with Crippen molar-refractivity contribution in [3.63, 3.8) is 0 Å². The summed E-state index contributed by atoms with van der Waals surface area (Å²) in [5, 5.41) is 8.93. The first kappa shape index (κ1) is 14.7. The summed E-state index contributed by atoms with van der Waals surface area (Å²) in [6, 6.07) is 5.51. The van der Waals surface area contributed by atoms with Gasteiger partial charge in [-0.2, -0.15) is 18.4 Å². The molecule has 1 fully saturated rings. The van der Waals surface area contributed by atoms with E-state index in [-0.39, 0.29) is 5.56 Å². The molecule has 2 rings (SSSR count). The zero-order valence-electron chi connectivity index (χ0n) is 11.4. The first-order chi connectivity index (χ1) is 9.45. The molecule has 1 saturated heterocycles. The van der Waals surface area contributed by atoms with Crippen molar-refractivity contribution in [1.82, 2.24) is 0 Å². The van der Waals surface area contributed by atoms with Crippen LogP contribution in [0.25, 0.3) is 0 Å². The van der Waals surface area contributed by atoms with Crippen molar-refractivity contribution in [3.05, 3.63) is 29.3 Å². The average Bonchev–Trinajstić information content (AvgIpc) is 2.45. The van der Waals surface area contributed by atoms with Gasteiger partial charge in [0, 0.05) is 18.8 Å². The summed E-state index contributed by atoms with van der Waals surface area (Å²) < 4.78 is 38.3. The summed E-state index contributed by atoms with van der Waals surface area (Å²) in [5.41, 5.74) is -0.436. The molecule has 0 saturated carbocycles. The SMILES string of the molecule is CCC1CCCN(c2ccc(C(F)(F)F)c(C#N)c2)C1. The third-order valence-corrected chi connectivity index (χ3v) is 3.89. The van der Waals surface area contributed by atoms with Gasteiger partial charge in [0.15, 0.2) is 0 Å². The normalized spacial score (nSPS) is 19.8. The quantitative estimate of drug-likeness (QED) is 0.812. The Morgan fingerprint density at radius 2 is 2.15 bits per heavy atom. The molecule has 0 aromatic heterocycles. The van der Waals surface area contributed by atoms with E-state index in [0.29, 0.717) is 11.6 Å². The molecule has 0 bridgehead atoms. The molecule has 108 valence electrons. The highest BCUT2D eigenvalue weighted by Gasteiger charge is 2.34. The maximum Gasteiger partial charge on any atom is 0.417 e. The molecular weight excluding hydrogens is 265 g/mol. The van der Waals surface area contributed by atoms with Gasteiger partial charge in [-0.05, 0) is 37.0 Å². The van der Waals surface area contributed by atoms with Crippen LogP contribution in [0.5, 0.6) is 0 Å². The van der Waals surface area contributed by atoms with Crippen LogP contribution >= 0.6 is 0 Å².